The topological polar surface area (TPSA) is 37.4 Å². The summed E-state index contributed by atoms with van der Waals surface area (Å²) in [5, 5.41) is 0.702. The molecule has 0 saturated heterocycles. The van der Waals surface area contributed by atoms with Crippen molar-refractivity contribution >= 4 is 21.4 Å². The molecule has 0 radical (unpaired) electrons. The molecule has 112 valence electrons. The molecular weight excluding hydrogens is 306 g/mol. The molecule has 0 aliphatic heterocycles. The molecule has 0 aromatic heterocycles. The minimum Gasteiger partial charge on any atom is -0.301 e. The highest BCUT2D eigenvalue weighted by Crippen LogP contribution is 2.13. The number of sulfone groups is 1. The average molecular weight is 324 g/mol. The second kappa shape index (κ2) is 7.07. The van der Waals surface area contributed by atoms with Gasteiger partial charge in [0.1, 0.15) is 0 Å². The number of hydrogen-bond acceptors (Lipinski definition) is 3. The zero-order valence-corrected chi connectivity index (χ0v) is 13.4. The number of benzene rings is 2. The third kappa shape index (κ3) is 4.84. The van der Waals surface area contributed by atoms with Gasteiger partial charge in [-0.3, -0.25) is 0 Å². The summed E-state index contributed by atoms with van der Waals surface area (Å²) < 4.78 is 24.4. The molecule has 0 amide bonds. The standard InChI is InChI=1S/C16H18ClNO2S/c1-18(13-14-7-9-15(17)10-8-14)11-12-21(19,20)16-5-3-2-4-6-16/h2-10H,11-13H2,1H3. The maximum atomic E-state index is 12.2. The van der Waals surface area contributed by atoms with Gasteiger partial charge in [-0.1, -0.05) is 41.9 Å². The summed E-state index contributed by atoms with van der Waals surface area (Å²) >= 11 is 5.84. The van der Waals surface area contributed by atoms with Crippen LogP contribution in [0.5, 0.6) is 0 Å². The van der Waals surface area contributed by atoms with Crippen molar-refractivity contribution in [1.82, 2.24) is 4.90 Å². The van der Waals surface area contributed by atoms with Gasteiger partial charge in [-0.15, -0.1) is 0 Å². The molecule has 0 heterocycles. The van der Waals surface area contributed by atoms with Crippen LogP contribution in [-0.2, 0) is 16.4 Å². The average Bonchev–Trinajstić information content (AvgIpc) is 2.49. The van der Waals surface area contributed by atoms with Gasteiger partial charge in [-0.2, -0.15) is 0 Å². The van der Waals surface area contributed by atoms with E-state index < -0.39 is 9.84 Å². The van der Waals surface area contributed by atoms with Gasteiger partial charge in [0, 0.05) is 18.1 Å². The van der Waals surface area contributed by atoms with Crippen molar-refractivity contribution in [1.29, 1.82) is 0 Å². The van der Waals surface area contributed by atoms with Gasteiger partial charge >= 0.3 is 0 Å². The SMILES string of the molecule is CN(CCS(=O)(=O)c1ccccc1)Cc1ccc(Cl)cc1. The van der Waals surface area contributed by atoms with E-state index in [0.29, 0.717) is 23.0 Å². The first-order chi connectivity index (χ1) is 9.97. The first kappa shape index (κ1) is 16.0. The van der Waals surface area contributed by atoms with Crippen LogP contribution in [-0.4, -0.2) is 32.7 Å². The van der Waals surface area contributed by atoms with Crippen LogP contribution < -0.4 is 0 Å². The largest absolute Gasteiger partial charge is 0.301 e. The third-order valence-electron chi connectivity index (χ3n) is 3.21. The minimum atomic E-state index is -3.22. The number of rotatable bonds is 6. The molecule has 2 aromatic rings. The van der Waals surface area contributed by atoms with Gasteiger partial charge in [0.2, 0.25) is 0 Å². The maximum absolute atomic E-state index is 12.2. The normalized spacial score (nSPS) is 11.8. The van der Waals surface area contributed by atoms with Crippen LogP contribution in [0.25, 0.3) is 0 Å². The zero-order valence-electron chi connectivity index (χ0n) is 11.9. The van der Waals surface area contributed by atoms with Gasteiger partial charge in [0.05, 0.1) is 10.6 Å². The Morgan fingerprint density at radius 3 is 2.24 bits per heavy atom. The molecule has 0 N–H and O–H groups in total. The monoisotopic (exact) mass is 323 g/mol. The molecule has 0 saturated carbocycles. The van der Waals surface area contributed by atoms with E-state index in [1.54, 1.807) is 24.3 Å². The summed E-state index contributed by atoms with van der Waals surface area (Å²) in [5.74, 6) is 0.112. The molecule has 0 unspecified atom stereocenters. The summed E-state index contributed by atoms with van der Waals surface area (Å²) in [6.07, 6.45) is 0. The summed E-state index contributed by atoms with van der Waals surface area (Å²) in [5.41, 5.74) is 1.11. The van der Waals surface area contributed by atoms with Crippen LogP contribution in [0.2, 0.25) is 5.02 Å². The minimum absolute atomic E-state index is 0.112. The molecule has 0 aliphatic rings. The van der Waals surface area contributed by atoms with E-state index in [2.05, 4.69) is 0 Å². The van der Waals surface area contributed by atoms with E-state index in [0.717, 1.165) is 5.56 Å². The smallest absolute Gasteiger partial charge is 0.179 e. The Kier molecular flexibility index (Phi) is 5.39. The Morgan fingerprint density at radius 1 is 1.00 bits per heavy atom. The summed E-state index contributed by atoms with van der Waals surface area (Å²) in [7, 11) is -1.31. The maximum Gasteiger partial charge on any atom is 0.179 e. The predicted molar refractivity (Wildman–Crippen MR) is 86.3 cm³/mol. The van der Waals surface area contributed by atoms with E-state index in [9.17, 15) is 8.42 Å². The van der Waals surface area contributed by atoms with Crippen LogP contribution >= 0.6 is 11.6 Å². The van der Waals surface area contributed by atoms with E-state index in [-0.39, 0.29) is 5.75 Å². The molecule has 0 bridgehead atoms. The molecule has 0 fully saturated rings. The van der Waals surface area contributed by atoms with E-state index in [1.807, 2.05) is 42.3 Å². The van der Waals surface area contributed by atoms with E-state index in [1.165, 1.54) is 0 Å². The molecule has 2 aromatic carbocycles. The van der Waals surface area contributed by atoms with Crippen molar-refractivity contribution in [2.45, 2.75) is 11.4 Å². The second-order valence-corrected chi connectivity index (χ2v) is 7.54. The van der Waals surface area contributed by atoms with Crippen molar-refractivity contribution in [3.8, 4) is 0 Å². The van der Waals surface area contributed by atoms with Gasteiger partial charge in [-0.25, -0.2) is 8.42 Å². The highest BCUT2D eigenvalue weighted by molar-refractivity contribution is 7.91. The van der Waals surface area contributed by atoms with Crippen LogP contribution in [0.1, 0.15) is 5.56 Å². The van der Waals surface area contributed by atoms with Crippen molar-refractivity contribution < 1.29 is 8.42 Å². The fourth-order valence-electron chi connectivity index (χ4n) is 2.00. The first-order valence-electron chi connectivity index (χ1n) is 6.68. The van der Waals surface area contributed by atoms with Gasteiger partial charge in [0.25, 0.3) is 0 Å². The highest BCUT2D eigenvalue weighted by atomic mass is 35.5. The lowest BCUT2D eigenvalue weighted by Crippen LogP contribution is -2.25. The second-order valence-electron chi connectivity index (χ2n) is 5.00. The van der Waals surface area contributed by atoms with Crippen molar-refractivity contribution in [3.05, 3.63) is 65.2 Å². The van der Waals surface area contributed by atoms with Gasteiger partial charge in [0.15, 0.2) is 9.84 Å². The highest BCUT2D eigenvalue weighted by Gasteiger charge is 2.14. The summed E-state index contributed by atoms with van der Waals surface area (Å²) in [6.45, 7) is 1.18. The zero-order chi connectivity index (χ0) is 15.3. The Balaban J connectivity index is 1.92. The Morgan fingerprint density at radius 2 is 1.62 bits per heavy atom. The lowest BCUT2D eigenvalue weighted by atomic mass is 10.2. The van der Waals surface area contributed by atoms with Crippen LogP contribution in [0.15, 0.2) is 59.5 Å². The quantitative estimate of drug-likeness (QED) is 0.819. The van der Waals surface area contributed by atoms with Crippen LogP contribution in [0.4, 0.5) is 0 Å². The number of hydrogen-bond donors (Lipinski definition) is 0. The van der Waals surface area contributed by atoms with E-state index in [4.69, 9.17) is 11.6 Å². The van der Waals surface area contributed by atoms with E-state index >= 15 is 0 Å². The Labute approximate surface area is 131 Å². The molecule has 0 atom stereocenters. The van der Waals surface area contributed by atoms with Crippen LogP contribution in [0.3, 0.4) is 0 Å². The van der Waals surface area contributed by atoms with Gasteiger partial charge < -0.3 is 4.90 Å². The molecule has 5 heteroatoms. The van der Waals surface area contributed by atoms with Crippen molar-refractivity contribution in [2.75, 3.05) is 19.3 Å². The molecule has 0 aliphatic carbocycles. The molecule has 0 spiro atoms. The fourth-order valence-corrected chi connectivity index (χ4v) is 3.49. The molecule has 21 heavy (non-hydrogen) atoms. The van der Waals surface area contributed by atoms with Crippen molar-refractivity contribution in [3.63, 3.8) is 0 Å². The number of halogens is 1. The molecule has 2 rings (SSSR count). The number of nitrogens with zero attached hydrogens (tertiary/aromatic N) is 1. The van der Waals surface area contributed by atoms with Gasteiger partial charge in [-0.05, 0) is 36.9 Å². The lowest BCUT2D eigenvalue weighted by Gasteiger charge is -2.16. The lowest BCUT2D eigenvalue weighted by molar-refractivity contribution is 0.346. The van der Waals surface area contributed by atoms with Crippen molar-refractivity contribution in [2.24, 2.45) is 0 Å². The van der Waals surface area contributed by atoms with Crippen LogP contribution in [0, 0.1) is 0 Å². The Hall–Kier alpha value is -1.36. The summed E-state index contributed by atoms with van der Waals surface area (Å²) in [6, 6.07) is 16.1. The Bertz CT molecular complexity index is 669. The molecule has 3 nitrogen and oxygen atoms in total. The first-order valence-corrected chi connectivity index (χ1v) is 8.71. The predicted octanol–water partition coefficient (Wildman–Crippen LogP) is 3.25. The fraction of sp³-hybridized carbons (Fsp3) is 0.250. The third-order valence-corrected chi connectivity index (χ3v) is 5.17. The molecular formula is C16H18ClNO2S. The summed E-state index contributed by atoms with van der Waals surface area (Å²) in [4.78, 5) is 2.37.